The van der Waals surface area contributed by atoms with Gasteiger partial charge in [0, 0.05) is 4.43 Å². The lowest BCUT2D eigenvalue weighted by molar-refractivity contribution is -0.138. The quantitative estimate of drug-likeness (QED) is 0.656. The Bertz CT molecular complexity index is 310. The molecule has 0 radical (unpaired) electrons. The van der Waals surface area contributed by atoms with Gasteiger partial charge in [-0.1, -0.05) is 46.9 Å². The van der Waals surface area contributed by atoms with Crippen molar-refractivity contribution in [2.75, 3.05) is 0 Å². The molecular weight excluding hydrogens is 293 g/mol. The molecule has 0 bridgehead atoms. The van der Waals surface area contributed by atoms with Crippen molar-refractivity contribution in [3.05, 3.63) is 35.4 Å². The van der Waals surface area contributed by atoms with Gasteiger partial charge in [-0.2, -0.15) is 0 Å². The molecule has 14 heavy (non-hydrogen) atoms. The highest BCUT2D eigenvalue weighted by Gasteiger charge is 2.11. The molecule has 1 rings (SSSR count). The Morgan fingerprint density at radius 3 is 2.29 bits per heavy atom. The molecule has 3 N–H and O–H groups in total. The third-order valence-corrected chi connectivity index (χ3v) is 2.83. The van der Waals surface area contributed by atoms with Crippen molar-refractivity contribution in [3.8, 4) is 0 Å². The molecule has 1 aromatic carbocycles. The fourth-order valence-corrected chi connectivity index (χ4v) is 1.61. The molecule has 76 valence electrons. The lowest BCUT2D eigenvalue weighted by Gasteiger charge is -2.06. The number of halogens is 1. The number of hydrogen-bond donors (Lipinski definition) is 2. The zero-order valence-corrected chi connectivity index (χ0v) is 9.77. The molecule has 1 aromatic rings. The van der Waals surface area contributed by atoms with Crippen LogP contribution in [-0.2, 0) is 15.6 Å². The molecule has 3 nitrogen and oxygen atoms in total. The van der Waals surface area contributed by atoms with E-state index in [4.69, 9.17) is 10.8 Å². The standard InChI is InChI=1S/C10H12INO2/c11-6-8-3-1-7(2-4-8)5-9(12)10(13)14/h1-4,9H,5-6,12H2,(H,13,14). The van der Waals surface area contributed by atoms with Crippen LogP contribution in [0.25, 0.3) is 0 Å². The number of carboxylic acid groups (broad SMARTS) is 1. The maximum Gasteiger partial charge on any atom is 0.320 e. The Hall–Kier alpha value is -0.620. The van der Waals surface area contributed by atoms with Crippen LogP contribution in [0.4, 0.5) is 0 Å². The molecule has 1 atom stereocenters. The van der Waals surface area contributed by atoms with Gasteiger partial charge >= 0.3 is 5.97 Å². The van der Waals surface area contributed by atoms with Gasteiger partial charge in [0.25, 0.3) is 0 Å². The van der Waals surface area contributed by atoms with Crippen LogP contribution >= 0.6 is 22.6 Å². The summed E-state index contributed by atoms with van der Waals surface area (Å²) in [7, 11) is 0. The zero-order valence-electron chi connectivity index (χ0n) is 7.61. The number of hydrogen-bond acceptors (Lipinski definition) is 2. The minimum Gasteiger partial charge on any atom is -0.480 e. The van der Waals surface area contributed by atoms with Crippen molar-refractivity contribution in [2.45, 2.75) is 16.9 Å². The third-order valence-electron chi connectivity index (χ3n) is 1.95. The maximum absolute atomic E-state index is 10.5. The Kier molecular flexibility index (Phi) is 4.34. The van der Waals surface area contributed by atoms with E-state index < -0.39 is 12.0 Å². The average Bonchev–Trinajstić information content (AvgIpc) is 2.19. The van der Waals surface area contributed by atoms with Crippen molar-refractivity contribution in [1.29, 1.82) is 0 Å². The predicted octanol–water partition coefficient (Wildman–Crippen LogP) is 1.58. The van der Waals surface area contributed by atoms with Crippen molar-refractivity contribution in [2.24, 2.45) is 5.73 Å². The van der Waals surface area contributed by atoms with Gasteiger partial charge in [0.2, 0.25) is 0 Å². The van der Waals surface area contributed by atoms with Crippen LogP contribution in [-0.4, -0.2) is 17.1 Å². The number of carbonyl (C=O) groups is 1. The second kappa shape index (κ2) is 5.31. The number of benzene rings is 1. The first kappa shape index (κ1) is 11.5. The van der Waals surface area contributed by atoms with E-state index in [0.717, 1.165) is 9.99 Å². The first-order valence-corrected chi connectivity index (χ1v) is 5.78. The lowest BCUT2D eigenvalue weighted by atomic mass is 10.1. The number of rotatable bonds is 4. The van der Waals surface area contributed by atoms with Gasteiger partial charge in [0.15, 0.2) is 0 Å². The second-order valence-corrected chi connectivity index (χ2v) is 3.86. The average molecular weight is 305 g/mol. The normalized spacial score (nSPS) is 12.4. The summed E-state index contributed by atoms with van der Waals surface area (Å²) in [5.74, 6) is -0.956. The molecule has 4 heteroatoms. The first-order valence-electron chi connectivity index (χ1n) is 4.25. The molecule has 0 saturated carbocycles. The monoisotopic (exact) mass is 305 g/mol. The van der Waals surface area contributed by atoms with Gasteiger partial charge in [-0.25, -0.2) is 0 Å². The molecule has 0 aromatic heterocycles. The first-order chi connectivity index (χ1) is 6.63. The SMILES string of the molecule is NC(Cc1ccc(CI)cc1)C(=O)O. The largest absolute Gasteiger partial charge is 0.480 e. The van der Waals surface area contributed by atoms with E-state index in [0.29, 0.717) is 6.42 Å². The summed E-state index contributed by atoms with van der Waals surface area (Å²) in [6, 6.07) is 7.04. The van der Waals surface area contributed by atoms with Gasteiger partial charge < -0.3 is 10.8 Å². The number of nitrogens with two attached hydrogens (primary N) is 1. The molecular formula is C10H12INO2. The molecule has 0 heterocycles. The van der Waals surface area contributed by atoms with E-state index in [9.17, 15) is 4.79 Å². The highest BCUT2D eigenvalue weighted by Crippen LogP contribution is 2.09. The maximum atomic E-state index is 10.5. The molecule has 0 aliphatic heterocycles. The van der Waals surface area contributed by atoms with Crippen LogP contribution in [0.2, 0.25) is 0 Å². The van der Waals surface area contributed by atoms with Crippen LogP contribution in [0, 0.1) is 0 Å². The van der Waals surface area contributed by atoms with Crippen LogP contribution in [0.1, 0.15) is 11.1 Å². The summed E-state index contributed by atoms with van der Waals surface area (Å²) in [5.41, 5.74) is 7.62. The predicted molar refractivity (Wildman–Crippen MR) is 63.5 cm³/mol. The summed E-state index contributed by atoms with van der Waals surface area (Å²) < 4.78 is 0.961. The van der Waals surface area contributed by atoms with E-state index in [1.54, 1.807) is 0 Å². The molecule has 0 fully saturated rings. The van der Waals surface area contributed by atoms with Crippen LogP contribution in [0.15, 0.2) is 24.3 Å². The Morgan fingerprint density at radius 2 is 1.86 bits per heavy atom. The van der Waals surface area contributed by atoms with Gasteiger partial charge in [0.05, 0.1) is 0 Å². The molecule has 0 spiro atoms. The topological polar surface area (TPSA) is 63.3 Å². The molecule has 0 aliphatic rings. The highest BCUT2D eigenvalue weighted by atomic mass is 127. The Labute approximate surface area is 96.4 Å². The molecule has 1 unspecified atom stereocenters. The van der Waals surface area contributed by atoms with E-state index in [2.05, 4.69) is 22.6 Å². The third kappa shape index (κ3) is 3.26. The summed E-state index contributed by atoms with van der Waals surface area (Å²) in [6.07, 6.45) is 0.386. The van der Waals surface area contributed by atoms with Crippen LogP contribution in [0.5, 0.6) is 0 Å². The molecule has 0 amide bonds. The molecule has 0 aliphatic carbocycles. The number of aliphatic carboxylic acids is 1. The van der Waals surface area contributed by atoms with E-state index in [-0.39, 0.29) is 0 Å². The summed E-state index contributed by atoms with van der Waals surface area (Å²) >= 11 is 2.28. The second-order valence-electron chi connectivity index (χ2n) is 3.10. The van der Waals surface area contributed by atoms with Crippen molar-refractivity contribution in [1.82, 2.24) is 0 Å². The minimum absolute atomic E-state index is 0.386. The summed E-state index contributed by atoms with van der Waals surface area (Å²) in [4.78, 5) is 10.5. The van der Waals surface area contributed by atoms with Gasteiger partial charge in [-0.15, -0.1) is 0 Å². The zero-order chi connectivity index (χ0) is 10.6. The van der Waals surface area contributed by atoms with Crippen LogP contribution in [0.3, 0.4) is 0 Å². The Balaban J connectivity index is 2.64. The van der Waals surface area contributed by atoms with Crippen LogP contribution < -0.4 is 5.73 Å². The fraction of sp³-hybridized carbons (Fsp3) is 0.300. The lowest BCUT2D eigenvalue weighted by Crippen LogP contribution is -2.32. The minimum atomic E-state index is -0.956. The number of alkyl halides is 1. The van der Waals surface area contributed by atoms with Crippen molar-refractivity contribution in [3.63, 3.8) is 0 Å². The summed E-state index contributed by atoms with van der Waals surface area (Å²) in [5, 5.41) is 8.62. The fourth-order valence-electron chi connectivity index (χ4n) is 1.11. The van der Waals surface area contributed by atoms with E-state index >= 15 is 0 Å². The van der Waals surface area contributed by atoms with Gasteiger partial charge in [-0.3, -0.25) is 4.79 Å². The highest BCUT2D eigenvalue weighted by molar-refractivity contribution is 14.1. The Morgan fingerprint density at radius 1 is 1.36 bits per heavy atom. The van der Waals surface area contributed by atoms with E-state index in [1.807, 2.05) is 24.3 Å². The van der Waals surface area contributed by atoms with Crippen molar-refractivity contribution >= 4 is 28.6 Å². The number of carboxylic acids is 1. The van der Waals surface area contributed by atoms with Gasteiger partial charge in [-0.05, 0) is 17.5 Å². The van der Waals surface area contributed by atoms with Gasteiger partial charge in [0.1, 0.15) is 6.04 Å². The van der Waals surface area contributed by atoms with Crippen molar-refractivity contribution < 1.29 is 9.90 Å². The van der Waals surface area contributed by atoms with E-state index in [1.165, 1.54) is 5.56 Å². The molecule has 0 saturated heterocycles. The summed E-state index contributed by atoms with van der Waals surface area (Å²) in [6.45, 7) is 0. The smallest absolute Gasteiger partial charge is 0.320 e.